The molecule has 3 atom stereocenters. The molecule has 3 rings (SSSR count). The van der Waals surface area contributed by atoms with E-state index in [1.807, 2.05) is 12.1 Å². The molecular weight excluding hydrogens is 349 g/mol. The molecule has 28 heavy (non-hydrogen) atoms. The summed E-state index contributed by atoms with van der Waals surface area (Å²) in [6, 6.07) is 16.0. The number of ether oxygens (including phenoxy) is 1. The van der Waals surface area contributed by atoms with Crippen molar-refractivity contribution in [3.8, 4) is 0 Å². The van der Waals surface area contributed by atoms with Crippen LogP contribution in [0.4, 0.5) is 4.39 Å². The molecule has 2 aromatic carbocycles. The van der Waals surface area contributed by atoms with Crippen molar-refractivity contribution >= 4 is 0 Å². The Labute approximate surface area is 169 Å². The molecule has 0 bridgehead atoms. The smallest absolute Gasteiger partial charge is 0.123 e. The molecule has 0 saturated carbocycles. The Morgan fingerprint density at radius 3 is 2.54 bits per heavy atom. The minimum atomic E-state index is -0.165. The lowest BCUT2D eigenvalue weighted by molar-refractivity contribution is -0.671. The zero-order valence-corrected chi connectivity index (χ0v) is 17.6. The number of quaternary nitrogens is 1. The number of rotatable bonds is 8. The fourth-order valence-electron chi connectivity index (χ4n) is 4.44. The molecule has 1 heterocycles. The second-order valence-corrected chi connectivity index (χ2v) is 8.62. The highest BCUT2D eigenvalue weighted by atomic mass is 19.1. The molecule has 0 radical (unpaired) electrons. The van der Waals surface area contributed by atoms with E-state index < -0.39 is 0 Å². The summed E-state index contributed by atoms with van der Waals surface area (Å²) in [6.07, 6.45) is 4.52. The normalized spacial score (nSPS) is 23.5. The molecular formula is C25H35FNO+. The van der Waals surface area contributed by atoms with E-state index in [2.05, 4.69) is 50.4 Å². The third-order valence-electron chi connectivity index (χ3n) is 6.43. The standard InChI is InChI=1S/C25H34FNO/c1-4-25(3)17-22(14-16-28-25)24(21-9-5-19(2)6-10-21)13-15-27-18-20-7-11-23(26)12-8-20/h5-12,22,24,27H,4,13-18H2,1-3H3/p+1/t22-,24+,25-/m1/s1. The van der Waals surface area contributed by atoms with Gasteiger partial charge in [0.1, 0.15) is 12.4 Å². The van der Waals surface area contributed by atoms with Gasteiger partial charge >= 0.3 is 0 Å². The number of hydrogen-bond acceptors (Lipinski definition) is 1. The molecule has 1 saturated heterocycles. The predicted molar refractivity (Wildman–Crippen MR) is 113 cm³/mol. The van der Waals surface area contributed by atoms with Crippen LogP contribution in [0.3, 0.4) is 0 Å². The Morgan fingerprint density at radius 2 is 1.86 bits per heavy atom. The highest BCUT2D eigenvalue weighted by Crippen LogP contribution is 2.41. The third-order valence-corrected chi connectivity index (χ3v) is 6.43. The monoisotopic (exact) mass is 384 g/mol. The van der Waals surface area contributed by atoms with Crippen molar-refractivity contribution in [1.29, 1.82) is 0 Å². The van der Waals surface area contributed by atoms with Crippen LogP contribution >= 0.6 is 0 Å². The summed E-state index contributed by atoms with van der Waals surface area (Å²) in [5.74, 6) is 1.07. The lowest BCUT2D eigenvalue weighted by Crippen LogP contribution is -2.82. The van der Waals surface area contributed by atoms with Gasteiger partial charge in [-0.2, -0.15) is 0 Å². The van der Waals surface area contributed by atoms with E-state index in [-0.39, 0.29) is 11.4 Å². The lowest BCUT2D eigenvalue weighted by atomic mass is 9.74. The average molecular weight is 385 g/mol. The topological polar surface area (TPSA) is 25.8 Å². The molecule has 2 N–H and O–H groups in total. The van der Waals surface area contributed by atoms with Crippen molar-refractivity contribution in [2.45, 2.75) is 64.5 Å². The second-order valence-electron chi connectivity index (χ2n) is 8.62. The van der Waals surface area contributed by atoms with Gasteiger partial charge in [-0.25, -0.2) is 4.39 Å². The van der Waals surface area contributed by atoms with Gasteiger partial charge in [0.2, 0.25) is 0 Å². The van der Waals surface area contributed by atoms with Crippen LogP contribution in [0.15, 0.2) is 48.5 Å². The van der Waals surface area contributed by atoms with Gasteiger partial charge in [-0.15, -0.1) is 0 Å². The van der Waals surface area contributed by atoms with Gasteiger partial charge in [-0.05, 0) is 62.6 Å². The Morgan fingerprint density at radius 1 is 1.14 bits per heavy atom. The number of hydrogen-bond donors (Lipinski definition) is 1. The van der Waals surface area contributed by atoms with Crippen LogP contribution in [0.2, 0.25) is 0 Å². The van der Waals surface area contributed by atoms with Crippen molar-refractivity contribution < 1.29 is 14.4 Å². The maximum Gasteiger partial charge on any atom is 0.123 e. The van der Waals surface area contributed by atoms with Crippen LogP contribution in [0.5, 0.6) is 0 Å². The Hall–Kier alpha value is -1.71. The number of aryl methyl sites for hydroxylation is 1. The van der Waals surface area contributed by atoms with Crippen molar-refractivity contribution in [2.75, 3.05) is 13.2 Å². The summed E-state index contributed by atoms with van der Waals surface area (Å²) < 4.78 is 19.2. The van der Waals surface area contributed by atoms with E-state index in [9.17, 15) is 4.39 Å². The van der Waals surface area contributed by atoms with E-state index in [0.717, 1.165) is 45.4 Å². The molecule has 3 heteroatoms. The van der Waals surface area contributed by atoms with Crippen LogP contribution in [0.25, 0.3) is 0 Å². The quantitative estimate of drug-likeness (QED) is 0.639. The Kier molecular flexibility index (Phi) is 7.25. The van der Waals surface area contributed by atoms with E-state index in [4.69, 9.17) is 4.74 Å². The van der Waals surface area contributed by atoms with Crippen molar-refractivity contribution in [3.05, 3.63) is 71.0 Å². The first-order chi connectivity index (χ1) is 13.5. The van der Waals surface area contributed by atoms with Crippen LogP contribution < -0.4 is 5.32 Å². The minimum Gasteiger partial charge on any atom is -0.375 e. The zero-order chi connectivity index (χ0) is 20.0. The van der Waals surface area contributed by atoms with Crippen molar-refractivity contribution in [3.63, 3.8) is 0 Å². The van der Waals surface area contributed by atoms with Crippen LogP contribution in [0, 0.1) is 18.7 Å². The van der Waals surface area contributed by atoms with Gasteiger partial charge < -0.3 is 10.1 Å². The van der Waals surface area contributed by atoms with E-state index in [1.54, 1.807) is 12.1 Å². The van der Waals surface area contributed by atoms with Crippen LogP contribution in [-0.4, -0.2) is 18.8 Å². The maximum atomic E-state index is 13.1. The highest BCUT2D eigenvalue weighted by Gasteiger charge is 2.36. The molecule has 0 spiro atoms. The first-order valence-corrected chi connectivity index (χ1v) is 10.8. The van der Waals surface area contributed by atoms with Gasteiger partial charge in [0, 0.05) is 18.6 Å². The van der Waals surface area contributed by atoms with Gasteiger partial charge in [0.25, 0.3) is 0 Å². The molecule has 0 aromatic heterocycles. The van der Waals surface area contributed by atoms with Gasteiger partial charge in [0.05, 0.1) is 12.1 Å². The molecule has 152 valence electrons. The molecule has 1 fully saturated rings. The predicted octanol–water partition coefficient (Wildman–Crippen LogP) is 4.97. The summed E-state index contributed by atoms with van der Waals surface area (Å²) in [7, 11) is 0. The highest BCUT2D eigenvalue weighted by molar-refractivity contribution is 5.25. The second kappa shape index (κ2) is 9.67. The van der Waals surface area contributed by atoms with Gasteiger partial charge in [0.15, 0.2) is 0 Å². The molecule has 2 aromatic rings. The maximum absolute atomic E-state index is 13.1. The zero-order valence-electron chi connectivity index (χ0n) is 17.6. The number of benzene rings is 2. The van der Waals surface area contributed by atoms with Crippen molar-refractivity contribution in [1.82, 2.24) is 0 Å². The Balaban J connectivity index is 1.64. The van der Waals surface area contributed by atoms with E-state index in [1.165, 1.54) is 16.7 Å². The van der Waals surface area contributed by atoms with Crippen LogP contribution in [0.1, 0.15) is 62.1 Å². The van der Waals surface area contributed by atoms with Gasteiger partial charge in [-0.3, -0.25) is 0 Å². The molecule has 0 unspecified atom stereocenters. The average Bonchev–Trinajstić information content (AvgIpc) is 2.70. The minimum absolute atomic E-state index is 0.0175. The first-order valence-electron chi connectivity index (χ1n) is 10.8. The summed E-state index contributed by atoms with van der Waals surface area (Å²) in [4.78, 5) is 0. The molecule has 1 aliphatic rings. The fourth-order valence-corrected chi connectivity index (χ4v) is 4.44. The lowest BCUT2D eigenvalue weighted by Gasteiger charge is -2.41. The first kappa shape index (κ1) is 21.0. The summed E-state index contributed by atoms with van der Waals surface area (Å²) in [5, 5.41) is 2.35. The summed E-state index contributed by atoms with van der Waals surface area (Å²) in [5.41, 5.74) is 3.98. The largest absolute Gasteiger partial charge is 0.375 e. The van der Waals surface area contributed by atoms with Crippen molar-refractivity contribution in [2.24, 2.45) is 5.92 Å². The number of halogens is 1. The van der Waals surface area contributed by atoms with Crippen LogP contribution in [-0.2, 0) is 11.3 Å². The number of nitrogens with two attached hydrogens (primary N) is 1. The summed E-state index contributed by atoms with van der Waals surface area (Å²) in [6.45, 7) is 9.51. The molecule has 0 amide bonds. The summed E-state index contributed by atoms with van der Waals surface area (Å²) >= 11 is 0. The molecule has 1 aliphatic heterocycles. The molecule has 0 aliphatic carbocycles. The van der Waals surface area contributed by atoms with E-state index in [0.29, 0.717) is 11.8 Å². The van der Waals surface area contributed by atoms with Gasteiger partial charge in [-0.1, -0.05) is 48.9 Å². The SMILES string of the molecule is CC[C@]1(C)C[C@H]([C@@H](CC[NH2+]Cc2ccc(F)cc2)c2ccc(C)cc2)CCO1. The van der Waals surface area contributed by atoms with E-state index >= 15 is 0 Å². The third kappa shape index (κ3) is 5.65. The molecule has 2 nitrogen and oxygen atoms in total. The fraction of sp³-hybridized carbons (Fsp3) is 0.520. The Bertz CT molecular complexity index is 727.